The first-order valence-corrected chi connectivity index (χ1v) is 8.22. The van der Waals surface area contributed by atoms with Crippen LogP contribution in [0.25, 0.3) is 6.08 Å². The highest BCUT2D eigenvalue weighted by Crippen LogP contribution is 2.22. The van der Waals surface area contributed by atoms with E-state index in [0.717, 1.165) is 0 Å². The Balaban J connectivity index is 2.16. The highest BCUT2D eigenvalue weighted by atomic mass is 35.5. The van der Waals surface area contributed by atoms with Gasteiger partial charge in [0.15, 0.2) is 0 Å². The van der Waals surface area contributed by atoms with Crippen LogP contribution < -0.4 is 4.74 Å². The minimum Gasteiger partial charge on any atom is -0.493 e. The molecule has 0 spiro atoms. The molecule has 0 aliphatic heterocycles. The van der Waals surface area contributed by atoms with Gasteiger partial charge in [0.25, 0.3) is 0 Å². The van der Waals surface area contributed by atoms with Crippen molar-refractivity contribution in [2.24, 2.45) is 0 Å². The summed E-state index contributed by atoms with van der Waals surface area (Å²) >= 11 is 11.8. The van der Waals surface area contributed by atoms with Crippen LogP contribution in [-0.2, 0) is 4.79 Å². The Labute approximate surface area is 160 Å². The van der Waals surface area contributed by atoms with Gasteiger partial charge in [-0.1, -0.05) is 35.3 Å². The number of carbonyl (C=O) groups excluding carboxylic acids is 1. The third kappa shape index (κ3) is 5.62. The van der Waals surface area contributed by atoms with Gasteiger partial charge < -0.3 is 9.84 Å². The Hall–Kier alpha value is -2.81. The molecule has 7 heteroatoms. The number of Topliss-reactive ketones (excluding diaryl/α,β-unsaturated/α-hetero) is 1. The van der Waals surface area contributed by atoms with E-state index in [1.54, 1.807) is 24.3 Å². The Morgan fingerprint density at radius 3 is 2.27 bits per heavy atom. The van der Waals surface area contributed by atoms with Gasteiger partial charge in [0.05, 0.1) is 13.0 Å². The first kappa shape index (κ1) is 19.5. The van der Waals surface area contributed by atoms with Gasteiger partial charge in [0, 0.05) is 15.6 Å². The summed E-state index contributed by atoms with van der Waals surface area (Å²) < 4.78 is 5.28. The first-order chi connectivity index (χ1) is 12.4. The molecule has 0 saturated heterocycles. The number of ketones is 1. The molecule has 0 saturated carbocycles. The highest BCUT2D eigenvalue weighted by molar-refractivity contribution is 6.35. The Morgan fingerprint density at radius 1 is 1.12 bits per heavy atom. The molecular weight excluding hydrogens is 377 g/mol. The molecule has 2 rings (SSSR count). The van der Waals surface area contributed by atoms with Crippen molar-refractivity contribution in [3.05, 3.63) is 69.2 Å². The molecule has 0 aromatic heterocycles. The molecular formula is C19H13Cl2NO4. The van der Waals surface area contributed by atoms with Crippen molar-refractivity contribution in [1.82, 2.24) is 0 Å². The summed E-state index contributed by atoms with van der Waals surface area (Å²) in [6, 6.07) is 12.8. The van der Waals surface area contributed by atoms with Crippen LogP contribution >= 0.6 is 23.2 Å². The number of carboxylic acid groups (broad SMARTS) is 1. The van der Waals surface area contributed by atoms with Crippen molar-refractivity contribution in [1.29, 1.82) is 5.26 Å². The molecule has 0 bridgehead atoms. The maximum Gasteiger partial charge on any atom is 0.306 e. The summed E-state index contributed by atoms with van der Waals surface area (Å²) in [4.78, 5) is 22.9. The van der Waals surface area contributed by atoms with Crippen molar-refractivity contribution in [3.8, 4) is 11.8 Å². The quantitative estimate of drug-likeness (QED) is 0.423. The second-order valence-corrected chi connectivity index (χ2v) is 6.09. The van der Waals surface area contributed by atoms with E-state index in [1.807, 2.05) is 6.07 Å². The van der Waals surface area contributed by atoms with E-state index >= 15 is 0 Å². The third-order valence-electron chi connectivity index (χ3n) is 3.27. The number of benzene rings is 2. The van der Waals surface area contributed by atoms with E-state index in [-0.39, 0.29) is 24.2 Å². The number of nitrogens with zero attached hydrogens (tertiary/aromatic N) is 1. The molecule has 26 heavy (non-hydrogen) atoms. The van der Waals surface area contributed by atoms with E-state index in [2.05, 4.69) is 0 Å². The predicted octanol–water partition coefficient (Wildman–Crippen LogP) is 4.64. The Morgan fingerprint density at radius 2 is 1.73 bits per heavy atom. The summed E-state index contributed by atoms with van der Waals surface area (Å²) in [6.45, 7) is 0.0575. The molecule has 2 aromatic rings. The first-order valence-electron chi connectivity index (χ1n) is 7.46. The second kappa shape index (κ2) is 9.04. The largest absolute Gasteiger partial charge is 0.493 e. The molecule has 0 heterocycles. The van der Waals surface area contributed by atoms with E-state index in [9.17, 15) is 14.9 Å². The molecule has 132 valence electrons. The summed E-state index contributed by atoms with van der Waals surface area (Å²) in [7, 11) is 0. The van der Waals surface area contributed by atoms with E-state index in [1.165, 1.54) is 24.3 Å². The average Bonchev–Trinajstić information content (AvgIpc) is 2.59. The van der Waals surface area contributed by atoms with Gasteiger partial charge in [-0.25, -0.2) is 0 Å². The molecule has 0 radical (unpaired) electrons. The van der Waals surface area contributed by atoms with Crippen LogP contribution in [0.1, 0.15) is 22.3 Å². The maximum absolute atomic E-state index is 12.5. The number of nitriles is 1. The Kier molecular flexibility index (Phi) is 6.79. The zero-order valence-corrected chi connectivity index (χ0v) is 14.9. The van der Waals surface area contributed by atoms with Crippen LogP contribution in [0.4, 0.5) is 0 Å². The van der Waals surface area contributed by atoms with E-state index in [0.29, 0.717) is 21.4 Å². The number of rotatable bonds is 7. The molecule has 5 nitrogen and oxygen atoms in total. The number of carboxylic acids is 1. The SMILES string of the molecule is N#C/C(=C\c1ccc(OCCC(=O)O)cc1)C(=O)c1cc(Cl)cc(Cl)c1. The second-order valence-electron chi connectivity index (χ2n) is 5.22. The topological polar surface area (TPSA) is 87.4 Å². The van der Waals surface area contributed by atoms with Crippen LogP contribution in [0, 0.1) is 11.3 Å². The molecule has 1 N–H and O–H groups in total. The lowest BCUT2D eigenvalue weighted by Gasteiger charge is -2.05. The van der Waals surface area contributed by atoms with Crippen molar-refractivity contribution in [3.63, 3.8) is 0 Å². The number of carbonyl (C=O) groups is 2. The monoisotopic (exact) mass is 389 g/mol. The normalized spacial score (nSPS) is 10.9. The van der Waals surface area contributed by atoms with Crippen molar-refractivity contribution in [2.45, 2.75) is 6.42 Å². The fourth-order valence-corrected chi connectivity index (χ4v) is 2.60. The minimum atomic E-state index is -0.942. The number of halogens is 2. The number of allylic oxidation sites excluding steroid dienone is 1. The van der Waals surface area contributed by atoms with Gasteiger partial charge in [0.2, 0.25) is 5.78 Å². The predicted molar refractivity (Wildman–Crippen MR) is 98.6 cm³/mol. The summed E-state index contributed by atoms with van der Waals surface area (Å²) in [5, 5.41) is 18.5. The fourth-order valence-electron chi connectivity index (χ4n) is 2.07. The molecule has 0 atom stereocenters. The van der Waals surface area contributed by atoms with Crippen LogP contribution in [-0.4, -0.2) is 23.5 Å². The van der Waals surface area contributed by atoms with Gasteiger partial charge >= 0.3 is 5.97 Å². The van der Waals surface area contributed by atoms with Crippen molar-refractivity contribution in [2.75, 3.05) is 6.61 Å². The maximum atomic E-state index is 12.5. The molecule has 0 aliphatic rings. The third-order valence-corrected chi connectivity index (χ3v) is 3.70. The summed E-state index contributed by atoms with van der Waals surface area (Å²) in [5.41, 5.74) is 0.778. The lowest BCUT2D eigenvalue weighted by Crippen LogP contribution is -2.04. The number of hydrogen-bond acceptors (Lipinski definition) is 4. The van der Waals surface area contributed by atoms with E-state index < -0.39 is 11.8 Å². The molecule has 0 unspecified atom stereocenters. The van der Waals surface area contributed by atoms with Gasteiger partial charge in [-0.3, -0.25) is 9.59 Å². The van der Waals surface area contributed by atoms with Crippen LogP contribution in [0.3, 0.4) is 0 Å². The molecule has 0 amide bonds. The number of aliphatic carboxylic acids is 1. The molecule has 2 aromatic carbocycles. The summed E-state index contributed by atoms with van der Waals surface area (Å²) in [5.74, 6) is -0.934. The van der Waals surface area contributed by atoms with Crippen LogP contribution in [0.5, 0.6) is 5.75 Å². The number of hydrogen-bond donors (Lipinski definition) is 1. The fraction of sp³-hybridized carbons (Fsp3) is 0.105. The van der Waals surface area contributed by atoms with E-state index in [4.69, 9.17) is 33.0 Å². The highest BCUT2D eigenvalue weighted by Gasteiger charge is 2.13. The van der Waals surface area contributed by atoms with Crippen molar-refractivity contribution >= 4 is 41.0 Å². The smallest absolute Gasteiger partial charge is 0.306 e. The lowest BCUT2D eigenvalue weighted by molar-refractivity contribution is -0.137. The standard InChI is InChI=1S/C19H13Cl2NO4/c20-15-8-13(9-16(21)10-15)19(25)14(11-22)7-12-1-3-17(4-2-12)26-6-5-18(23)24/h1-4,7-10H,5-6H2,(H,23,24)/b14-7+. The zero-order valence-electron chi connectivity index (χ0n) is 13.4. The molecule has 0 aliphatic carbocycles. The minimum absolute atomic E-state index is 0.0575. The zero-order chi connectivity index (χ0) is 19.1. The van der Waals surface area contributed by atoms with Gasteiger partial charge in [-0.15, -0.1) is 0 Å². The van der Waals surface area contributed by atoms with Crippen LogP contribution in [0.15, 0.2) is 48.0 Å². The van der Waals surface area contributed by atoms with Crippen molar-refractivity contribution < 1.29 is 19.4 Å². The van der Waals surface area contributed by atoms with Gasteiger partial charge in [0.1, 0.15) is 17.4 Å². The van der Waals surface area contributed by atoms with Crippen LogP contribution in [0.2, 0.25) is 10.0 Å². The lowest BCUT2D eigenvalue weighted by atomic mass is 10.0. The van der Waals surface area contributed by atoms with Gasteiger partial charge in [-0.2, -0.15) is 5.26 Å². The number of ether oxygens (including phenoxy) is 1. The average molecular weight is 390 g/mol. The van der Waals surface area contributed by atoms with Gasteiger partial charge in [-0.05, 0) is 42.0 Å². The Bertz CT molecular complexity index is 878. The summed E-state index contributed by atoms with van der Waals surface area (Å²) in [6.07, 6.45) is 1.34. The molecule has 0 fully saturated rings.